The van der Waals surface area contributed by atoms with Crippen molar-refractivity contribution in [3.05, 3.63) is 125 Å². The van der Waals surface area contributed by atoms with E-state index in [-0.39, 0.29) is 30.3 Å². The van der Waals surface area contributed by atoms with Gasteiger partial charge in [0.15, 0.2) is 0 Å². The van der Waals surface area contributed by atoms with E-state index in [0.29, 0.717) is 38.7 Å². The Kier molecular flexibility index (Phi) is 9.25. The summed E-state index contributed by atoms with van der Waals surface area (Å²) in [5, 5.41) is 3.76. The summed E-state index contributed by atoms with van der Waals surface area (Å²) in [6, 6.07) is 28.1. The van der Waals surface area contributed by atoms with Crippen molar-refractivity contribution in [1.82, 2.24) is 9.29 Å². The molecule has 0 aliphatic rings. The lowest BCUT2D eigenvalue weighted by Gasteiger charge is -2.24. The van der Waals surface area contributed by atoms with Gasteiger partial charge in [-0.1, -0.05) is 54.1 Å². The smallest absolute Gasteiger partial charge is 0.244 e. The summed E-state index contributed by atoms with van der Waals surface area (Å²) in [6.45, 7) is 0.201. The van der Waals surface area contributed by atoms with Gasteiger partial charge >= 0.3 is 0 Å². The Bertz CT molecular complexity index is 1800. The van der Waals surface area contributed by atoms with Crippen LogP contribution in [0.5, 0.6) is 11.5 Å². The van der Waals surface area contributed by atoms with Crippen LogP contribution in [0.15, 0.2) is 108 Å². The van der Waals surface area contributed by atoms with Crippen molar-refractivity contribution in [3.63, 3.8) is 0 Å². The van der Waals surface area contributed by atoms with Gasteiger partial charge in [0.05, 0.1) is 31.1 Å². The van der Waals surface area contributed by atoms with Crippen LogP contribution in [0.1, 0.15) is 16.7 Å². The zero-order valence-electron chi connectivity index (χ0n) is 23.7. The molecule has 0 aliphatic heterocycles. The van der Waals surface area contributed by atoms with Crippen molar-refractivity contribution >= 4 is 44.1 Å². The molecule has 8 nitrogen and oxygen atoms in total. The third kappa shape index (κ3) is 7.14. The lowest BCUT2D eigenvalue weighted by atomic mass is 10.1. The van der Waals surface area contributed by atoms with Crippen LogP contribution in [-0.4, -0.2) is 37.8 Å². The molecule has 0 bridgehead atoms. The number of benzene rings is 4. The molecule has 4 aromatic carbocycles. The Morgan fingerprint density at radius 1 is 0.837 bits per heavy atom. The van der Waals surface area contributed by atoms with Crippen molar-refractivity contribution in [1.29, 1.82) is 0 Å². The van der Waals surface area contributed by atoms with Crippen LogP contribution in [0.25, 0.3) is 10.9 Å². The third-order valence-electron chi connectivity index (χ3n) is 6.93. The molecule has 0 atom stereocenters. The normalized spacial score (nSPS) is 11.4. The fraction of sp³-hybridized carbons (Fsp3) is 0.152. The number of rotatable bonds is 11. The molecular formula is C33H30ClN3O5S. The predicted octanol–water partition coefficient (Wildman–Crippen LogP) is 6.48. The van der Waals surface area contributed by atoms with Gasteiger partial charge in [-0.2, -0.15) is 4.31 Å². The minimum atomic E-state index is -4.12. The first kappa shape index (κ1) is 30.0. The Hall–Kier alpha value is -4.44. The summed E-state index contributed by atoms with van der Waals surface area (Å²) in [5.74, 6) is 1.01. The molecule has 0 saturated carbocycles. The number of nitrogens with zero attached hydrogens (tertiary/aromatic N) is 2. The Labute approximate surface area is 255 Å². The van der Waals surface area contributed by atoms with Crippen LogP contribution < -0.4 is 14.8 Å². The summed E-state index contributed by atoms with van der Waals surface area (Å²) in [4.78, 5) is 17.4. The van der Waals surface area contributed by atoms with Crippen LogP contribution >= 0.6 is 11.6 Å². The molecule has 0 radical (unpaired) electrons. The molecule has 1 heterocycles. The van der Waals surface area contributed by atoms with Gasteiger partial charge < -0.3 is 14.8 Å². The first-order chi connectivity index (χ1) is 20.8. The van der Waals surface area contributed by atoms with E-state index in [9.17, 15) is 13.2 Å². The number of nitrogens with one attached hydrogen (secondary N) is 1. The van der Waals surface area contributed by atoms with E-state index in [1.54, 1.807) is 87.1 Å². The Morgan fingerprint density at radius 2 is 1.44 bits per heavy atom. The number of amides is 1. The monoisotopic (exact) mass is 615 g/mol. The van der Waals surface area contributed by atoms with Gasteiger partial charge in [-0.15, -0.1) is 0 Å². The van der Waals surface area contributed by atoms with Crippen LogP contribution in [-0.2, 0) is 34.3 Å². The van der Waals surface area contributed by atoms with Gasteiger partial charge in [0.25, 0.3) is 0 Å². The molecular weight excluding hydrogens is 586 g/mol. The number of anilines is 1. The van der Waals surface area contributed by atoms with Gasteiger partial charge in [-0.25, -0.2) is 8.42 Å². The van der Waals surface area contributed by atoms with Crippen molar-refractivity contribution in [3.8, 4) is 11.5 Å². The summed E-state index contributed by atoms with van der Waals surface area (Å²) in [5.41, 5.74) is 2.98. The maximum atomic E-state index is 14.5. The Morgan fingerprint density at radius 3 is 2.02 bits per heavy atom. The largest absolute Gasteiger partial charge is 0.497 e. The minimum Gasteiger partial charge on any atom is -0.497 e. The number of fused-ring (bicyclic) bond motifs is 1. The van der Waals surface area contributed by atoms with Gasteiger partial charge in [-0.3, -0.25) is 9.78 Å². The van der Waals surface area contributed by atoms with Crippen LogP contribution in [0.3, 0.4) is 0 Å². The topological polar surface area (TPSA) is 97.8 Å². The number of sulfonamides is 1. The zero-order valence-corrected chi connectivity index (χ0v) is 25.2. The maximum Gasteiger partial charge on any atom is 0.244 e. The average molecular weight is 616 g/mol. The first-order valence-corrected chi connectivity index (χ1v) is 15.3. The highest BCUT2D eigenvalue weighted by molar-refractivity contribution is 7.89. The maximum absolute atomic E-state index is 14.5. The average Bonchev–Trinajstić information content (AvgIpc) is 3.02. The molecule has 1 amide bonds. The van der Waals surface area contributed by atoms with Crippen molar-refractivity contribution < 1.29 is 22.7 Å². The number of pyridine rings is 1. The number of ether oxygens (including phenoxy) is 2. The lowest BCUT2D eigenvalue weighted by Crippen LogP contribution is -2.30. The van der Waals surface area contributed by atoms with E-state index in [1.807, 2.05) is 24.3 Å². The van der Waals surface area contributed by atoms with E-state index in [0.717, 1.165) is 11.1 Å². The molecule has 5 rings (SSSR count). The summed E-state index contributed by atoms with van der Waals surface area (Å²) in [7, 11) is -0.965. The van der Waals surface area contributed by atoms with Crippen molar-refractivity contribution in [2.75, 3.05) is 19.5 Å². The number of hydrogen-bond donors (Lipinski definition) is 1. The van der Waals surface area contributed by atoms with E-state index in [1.165, 1.54) is 10.4 Å². The quantitative estimate of drug-likeness (QED) is 0.183. The third-order valence-corrected chi connectivity index (χ3v) is 9.13. The highest BCUT2D eigenvalue weighted by atomic mass is 35.5. The first-order valence-electron chi connectivity index (χ1n) is 13.4. The van der Waals surface area contributed by atoms with Gasteiger partial charge in [-0.05, 0) is 71.3 Å². The SMILES string of the molecule is COc1ccc(CN(Cc2ccc(OC)cc2)S(=O)(=O)c2cc(NC(=O)Cc3ccccc3Cl)cc3ncccc23)cc1. The van der Waals surface area contributed by atoms with E-state index in [4.69, 9.17) is 21.1 Å². The molecule has 0 spiro atoms. The van der Waals surface area contributed by atoms with E-state index in [2.05, 4.69) is 10.3 Å². The molecule has 0 unspecified atom stereocenters. The number of methoxy groups -OCH3 is 2. The van der Waals surface area contributed by atoms with Crippen LogP contribution in [0, 0.1) is 0 Å². The van der Waals surface area contributed by atoms with Gasteiger partial charge in [0, 0.05) is 35.4 Å². The number of aromatic nitrogens is 1. The van der Waals surface area contributed by atoms with Crippen molar-refractivity contribution in [2.24, 2.45) is 0 Å². The summed E-state index contributed by atoms with van der Waals surface area (Å²) in [6.07, 6.45) is 1.61. The molecule has 220 valence electrons. The Balaban J connectivity index is 1.53. The number of carbonyl (C=O) groups excluding carboxylic acids is 1. The van der Waals surface area contributed by atoms with Gasteiger partial charge in [0.1, 0.15) is 11.5 Å². The van der Waals surface area contributed by atoms with E-state index >= 15 is 0 Å². The second kappa shape index (κ2) is 13.2. The second-order valence-corrected chi connectivity index (χ2v) is 12.1. The van der Waals surface area contributed by atoms with Crippen molar-refractivity contribution in [2.45, 2.75) is 24.4 Å². The number of carbonyl (C=O) groups is 1. The molecule has 0 aliphatic carbocycles. The molecule has 10 heteroatoms. The molecule has 0 fully saturated rings. The molecule has 0 saturated heterocycles. The predicted molar refractivity (Wildman–Crippen MR) is 168 cm³/mol. The fourth-order valence-corrected chi connectivity index (χ4v) is 6.53. The molecule has 5 aromatic rings. The zero-order chi connectivity index (χ0) is 30.4. The van der Waals surface area contributed by atoms with Gasteiger partial charge in [0.2, 0.25) is 15.9 Å². The lowest BCUT2D eigenvalue weighted by molar-refractivity contribution is -0.115. The second-order valence-electron chi connectivity index (χ2n) is 9.83. The molecule has 43 heavy (non-hydrogen) atoms. The number of halogens is 1. The fourth-order valence-electron chi connectivity index (χ4n) is 4.69. The summed E-state index contributed by atoms with van der Waals surface area (Å²) < 4.78 is 40.9. The standard InChI is InChI=1S/C33H30ClN3O5S/c1-41-27-13-9-23(10-14-27)21-37(22-24-11-15-28(42-2)16-12-24)43(39,40)32-20-26(19-31-29(32)7-5-17-35-31)36-33(38)18-25-6-3-4-8-30(25)34/h3-17,19-20H,18,21-22H2,1-2H3,(H,36,38). The molecule has 1 aromatic heterocycles. The minimum absolute atomic E-state index is 0.0308. The summed E-state index contributed by atoms with van der Waals surface area (Å²) >= 11 is 6.25. The van der Waals surface area contributed by atoms with Crippen LogP contribution in [0.4, 0.5) is 5.69 Å². The van der Waals surface area contributed by atoms with Crippen LogP contribution in [0.2, 0.25) is 5.02 Å². The number of hydrogen-bond acceptors (Lipinski definition) is 6. The van der Waals surface area contributed by atoms with E-state index < -0.39 is 10.0 Å². The molecule has 1 N–H and O–H groups in total. The highest BCUT2D eigenvalue weighted by Crippen LogP contribution is 2.31. The highest BCUT2D eigenvalue weighted by Gasteiger charge is 2.28.